The van der Waals surface area contributed by atoms with E-state index in [1.807, 2.05) is 0 Å². The van der Waals surface area contributed by atoms with Crippen molar-refractivity contribution in [2.75, 3.05) is 27.2 Å². The van der Waals surface area contributed by atoms with Gasteiger partial charge in [0.25, 0.3) is 5.91 Å². The molecule has 104 valence electrons. The van der Waals surface area contributed by atoms with E-state index in [1.54, 1.807) is 11.9 Å². The average Bonchev–Trinajstić information content (AvgIpc) is 2.41. The molecule has 1 aliphatic heterocycles. The van der Waals surface area contributed by atoms with Crippen molar-refractivity contribution in [3.05, 3.63) is 28.8 Å². The first-order valence-electron chi connectivity index (χ1n) is 6.26. The van der Waals surface area contributed by atoms with Crippen LogP contribution in [0.4, 0.5) is 4.39 Å². The molecule has 1 amide bonds. The predicted molar refractivity (Wildman–Crippen MR) is 71.8 cm³/mol. The highest BCUT2D eigenvalue weighted by molar-refractivity contribution is 6.32. The van der Waals surface area contributed by atoms with Crippen molar-refractivity contribution in [1.29, 1.82) is 0 Å². The fourth-order valence-electron chi connectivity index (χ4n) is 2.31. The van der Waals surface area contributed by atoms with E-state index in [2.05, 4.69) is 16.9 Å². The highest BCUT2D eigenvalue weighted by Gasteiger charge is 2.26. The number of nitrogens with zero attached hydrogens (tertiary/aromatic N) is 3. The smallest absolute Gasteiger partial charge is 0.257 e. The van der Waals surface area contributed by atoms with E-state index in [0.29, 0.717) is 0 Å². The summed E-state index contributed by atoms with van der Waals surface area (Å²) in [6.07, 6.45) is 2.84. The molecule has 0 aliphatic carbocycles. The molecule has 1 aliphatic rings. The van der Waals surface area contributed by atoms with Crippen LogP contribution in [-0.2, 0) is 0 Å². The first kappa shape index (κ1) is 14.2. The van der Waals surface area contributed by atoms with Crippen LogP contribution in [0, 0.1) is 5.82 Å². The molecule has 0 aromatic carbocycles. The zero-order chi connectivity index (χ0) is 14.0. The molecular formula is C13H17ClFN3O. The van der Waals surface area contributed by atoms with Crippen LogP contribution in [0.5, 0.6) is 0 Å². The summed E-state index contributed by atoms with van der Waals surface area (Å²) >= 11 is 5.86. The molecule has 1 aromatic heterocycles. The highest BCUT2D eigenvalue weighted by Crippen LogP contribution is 2.20. The Morgan fingerprint density at radius 3 is 2.79 bits per heavy atom. The summed E-state index contributed by atoms with van der Waals surface area (Å²) < 4.78 is 13.2. The quantitative estimate of drug-likeness (QED) is 0.780. The lowest BCUT2D eigenvalue weighted by atomic mass is 10.0. The van der Waals surface area contributed by atoms with Crippen LogP contribution in [0.1, 0.15) is 23.2 Å². The third kappa shape index (κ3) is 3.22. The summed E-state index contributed by atoms with van der Waals surface area (Å²) in [6.45, 7) is 1.91. The maximum Gasteiger partial charge on any atom is 0.257 e. The molecule has 6 heteroatoms. The van der Waals surface area contributed by atoms with Crippen molar-refractivity contribution < 1.29 is 9.18 Å². The van der Waals surface area contributed by atoms with Gasteiger partial charge in [-0.3, -0.25) is 4.79 Å². The number of pyridine rings is 1. The van der Waals surface area contributed by atoms with Gasteiger partial charge in [-0.1, -0.05) is 11.6 Å². The van der Waals surface area contributed by atoms with Gasteiger partial charge in [-0.2, -0.15) is 0 Å². The van der Waals surface area contributed by atoms with Crippen molar-refractivity contribution in [2.45, 2.75) is 18.9 Å². The number of carbonyl (C=O) groups excluding carboxylic acids is 1. The number of hydrogen-bond donors (Lipinski definition) is 0. The highest BCUT2D eigenvalue weighted by atomic mass is 35.5. The van der Waals surface area contributed by atoms with Crippen LogP contribution in [0.2, 0.25) is 5.15 Å². The Morgan fingerprint density at radius 2 is 2.16 bits per heavy atom. The lowest BCUT2D eigenvalue weighted by Gasteiger charge is -2.35. The first-order chi connectivity index (χ1) is 8.99. The molecule has 1 saturated heterocycles. The van der Waals surface area contributed by atoms with Gasteiger partial charge in [-0.25, -0.2) is 9.37 Å². The van der Waals surface area contributed by atoms with E-state index in [-0.39, 0.29) is 22.7 Å². The van der Waals surface area contributed by atoms with E-state index in [4.69, 9.17) is 11.6 Å². The Labute approximate surface area is 117 Å². The van der Waals surface area contributed by atoms with Crippen molar-refractivity contribution in [2.24, 2.45) is 0 Å². The minimum Gasteiger partial charge on any atom is -0.339 e. The molecule has 0 N–H and O–H groups in total. The van der Waals surface area contributed by atoms with Gasteiger partial charge in [-0.15, -0.1) is 0 Å². The van der Waals surface area contributed by atoms with Crippen LogP contribution in [-0.4, -0.2) is 53.9 Å². The Balaban J connectivity index is 2.12. The summed E-state index contributed by atoms with van der Waals surface area (Å²) in [5.41, 5.74) is 0.128. The van der Waals surface area contributed by atoms with E-state index < -0.39 is 5.82 Å². The fraction of sp³-hybridized carbons (Fsp3) is 0.538. The van der Waals surface area contributed by atoms with Gasteiger partial charge in [0.15, 0.2) is 0 Å². The van der Waals surface area contributed by atoms with E-state index in [9.17, 15) is 9.18 Å². The summed E-state index contributed by atoms with van der Waals surface area (Å²) in [6, 6.07) is 1.31. The number of carbonyl (C=O) groups is 1. The van der Waals surface area contributed by atoms with Gasteiger partial charge in [0.05, 0.1) is 11.8 Å². The Kier molecular flexibility index (Phi) is 4.37. The van der Waals surface area contributed by atoms with E-state index in [0.717, 1.165) is 38.2 Å². The molecule has 0 radical (unpaired) electrons. The lowest BCUT2D eigenvalue weighted by Crippen LogP contribution is -2.44. The van der Waals surface area contributed by atoms with E-state index >= 15 is 0 Å². The van der Waals surface area contributed by atoms with Crippen LogP contribution in [0.15, 0.2) is 12.3 Å². The fourth-order valence-corrected chi connectivity index (χ4v) is 2.49. The first-order valence-corrected chi connectivity index (χ1v) is 6.63. The second kappa shape index (κ2) is 5.84. The second-order valence-electron chi connectivity index (χ2n) is 4.94. The third-order valence-corrected chi connectivity index (χ3v) is 3.89. The van der Waals surface area contributed by atoms with Crippen molar-refractivity contribution in [3.63, 3.8) is 0 Å². The molecule has 2 rings (SSSR count). The molecule has 0 saturated carbocycles. The second-order valence-corrected chi connectivity index (χ2v) is 5.30. The van der Waals surface area contributed by atoms with Crippen LogP contribution < -0.4 is 0 Å². The Morgan fingerprint density at radius 1 is 1.53 bits per heavy atom. The summed E-state index contributed by atoms with van der Waals surface area (Å²) in [5.74, 6) is -0.823. The molecule has 0 atom stereocenters. The van der Waals surface area contributed by atoms with Crippen LogP contribution in [0.25, 0.3) is 0 Å². The van der Waals surface area contributed by atoms with Crippen molar-refractivity contribution >= 4 is 17.5 Å². The largest absolute Gasteiger partial charge is 0.339 e. The molecule has 19 heavy (non-hydrogen) atoms. The number of halogens is 2. The zero-order valence-electron chi connectivity index (χ0n) is 11.1. The molecule has 0 unspecified atom stereocenters. The SMILES string of the molecule is CN1CCC(N(C)C(=O)c2cc(F)cnc2Cl)CC1. The molecular weight excluding hydrogens is 269 g/mol. The van der Waals surface area contributed by atoms with Crippen molar-refractivity contribution in [3.8, 4) is 0 Å². The summed E-state index contributed by atoms with van der Waals surface area (Å²) in [4.78, 5) is 19.9. The predicted octanol–water partition coefficient (Wildman–Crippen LogP) is 2.04. The summed E-state index contributed by atoms with van der Waals surface area (Å²) in [7, 11) is 3.80. The molecule has 4 nitrogen and oxygen atoms in total. The summed E-state index contributed by atoms with van der Waals surface area (Å²) in [5, 5.41) is 0.0474. The molecule has 1 fully saturated rings. The third-order valence-electron chi connectivity index (χ3n) is 3.59. The molecule has 2 heterocycles. The lowest BCUT2D eigenvalue weighted by molar-refractivity contribution is 0.0659. The van der Waals surface area contributed by atoms with Crippen molar-refractivity contribution in [1.82, 2.24) is 14.8 Å². The standard InChI is InChI=1S/C13H17ClFN3O/c1-17-5-3-10(4-6-17)18(2)13(19)11-7-9(15)8-16-12(11)14/h7-8,10H,3-6H2,1-2H3. The van der Waals surface area contributed by atoms with Crippen LogP contribution in [0.3, 0.4) is 0 Å². The topological polar surface area (TPSA) is 36.4 Å². The zero-order valence-corrected chi connectivity index (χ0v) is 11.8. The number of likely N-dealkylation sites (tertiary alicyclic amines) is 1. The van der Waals surface area contributed by atoms with Gasteiger partial charge in [-0.05, 0) is 39.0 Å². The maximum atomic E-state index is 13.2. The Hall–Kier alpha value is -1.20. The number of amides is 1. The number of aromatic nitrogens is 1. The average molecular weight is 286 g/mol. The number of hydrogen-bond acceptors (Lipinski definition) is 3. The van der Waals surface area contributed by atoms with Gasteiger partial charge in [0.1, 0.15) is 11.0 Å². The molecule has 0 bridgehead atoms. The van der Waals surface area contributed by atoms with Gasteiger partial charge < -0.3 is 9.80 Å². The minimum atomic E-state index is -0.551. The minimum absolute atomic E-state index is 0.0474. The number of piperidine rings is 1. The molecule has 0 spiro atoms. The van der Waals surface area contributed by atoms with Gasteiger partial charge in [0, 0.05) is 13.1 Å². The Bertz CT molecular complexity index is 475. The van der Waals surface area contributed by atoms with Crippen LogP contribution >= 0.6 is 11.6 Å². The normalized spacial score (nSPS) is 17.5. The van der Waals surface area contributed by atoms with E-state index in [1.165, 1.54) is 0 Å². The van der Waals surface area contributed by atoms with Gasteiger partial charge >= 0.3 is 0 Å². The monoisotopic (exact) mass is 285 g/mol. The van der Waals surface area contributed by atoms with Gasteiger partial charge in [0.2, 0.25) is 0 Å². The maximum absolute atomic E-state index is 13.2. The molecule has 1 aromatic rings. The number of rotatable bonds is 2.